The fraction of sp³-hybridized carbons (Fsp3) is 0.263. The molecule has 2 aromatic carbocycles. The zero-order valence-corrected chi connectivity index (χ0v) is 13.4. The van der Waals surface area contributed by atoms with Crippen LogP contribution in [-0.4, -0.2) is 35.5 Å². The molecule has 2 aromatic rings. The van der Waals surface area contributed by atoms with Gasteiger partial charge in [0.05, 0.1) is 23.7 Å². The van der Waals surface area contributed by atoms with Crippen molar-refractivity contribution in [3.63, 3.8) is 0 Å². The molecule has 0 aliphatic carbocycles. The van der Waals surface area contributed by atoms with Gasteiger partial charge in [-0.1, -0.05) is 42.5 Å². The zero-order chi connectivity index (χ0) is 17.1. The van der Waals surface area contributed by atoms with Gasteiger partial charge in [0.25, 0.3) is 0 Å². The van der Waals surface area contributed by atoms with Crippen LogP contribution in [0.3, 0.4) is 0 Å². The fourth-order valence-electron chi connectivity index (χ4n) is 3.07. The molecule has 0 aromatic heterocycles. The van der Waals surface area contributed by atoms with Crippen LogP contribution < -0.4 is 5.32 Å². The number of phenols is 1. The van der Waals surface area contributed by atoms with Crippen LogP contribution in [0.25, 0.3) is 11.1 Å². The van der Waals surface area contributed by atoms with Gasteiger partial charge in [0.15, 0.2) is 0 Å². The lowest BCUT2D eigenvalue weighted by molar-refractivity contribution is -0.119. The summed E-state index contributed by atoms with van der Waals surface area (Å²) in [6.45, 7) is 0.545. The molecule has 1 fully saturated rings. The molecular formula is C19H19N3O2. The van der Waals surface area contributed by atoms with E-state index in [1.165, 1.54) is 0 Å². The maximum Gasteiger partial charge on any atom is 0.228 e. The second-order valence-electron chi connectivity index (χ2n) is 6.07. The van der Waals surface area contributed by atoms with Crippen molar-refractivity contribution in [2.45, 2.75) is 12.5 Å². The Labute approximate surface area is 141 Å². The van der Waals surface area contributed by atoms with Crippen LogP contribution in [0.4, 0.5) is 5.69 Å². The van der Waals surface area contributed by atoms with E-state index in [9.17, 15) is 9.90 Å². The first-order chi connectivity index (χ1) is 11.6. The molecule has 1 saturated heterocycles. The Morgan fingerprint density at radius 2 is 2.00 bits per heavy atom. The maximum absolute atomic E-state index is 12.5. The van der Waals surface area contributed by atoms with E-state index in [0.29, 0.717) is 24.2 Å². The van der Waals surface area contributed by atoms with E-state index in [-0.39, 0.29) is 23.6 Å². The average molecular weight is 321 g/mol. The van der Waals surface area contributed by atoms with Crippen LogP contribution in [0.15, 0.2) is 48.5 Å². The second-order valence-corrected chi connectivity index (χ2v) is 6.07. The summed E-state index contributed by atoms with van der Waals surface area (Å²) >= 11 is 0. The summed E-state index contributed by atoms with van der Waals surface area (Å²) in [4.78, 5) is 14.3. The van der Waals surface area contributed by atoms with Crippen molar-refractivity contribution in [3.05, 3.63) is 48.5 Å². The van der Waals surface area contributed by atoms with E-state index < -0.39 is 0 Å². The third-order valence-electron chi connectivity index (χ3n) is 4.45. The molecule has 0 bridgehead atoms. The van der Waals surface area contributed by atoms with Gasteiger partial charge in [0.2, 0.25) is 5.91 Å². The zero-order valence-electron chi connectivity index (χ0n) is 13.4. The molecule has 2 atom stereocenters. The first-order valence-electron chi connectivity index (χ1n) is 7.88. The molecule has 2 unspecified atom stereocenters. The molecule has 5 heteroatoms. The van der Waals surface area contributed by atoms with Crippen LogP contribution >= 0.6 is 0 Å². The highest BCUT2D eigenvalue weighted by Gasteiger charge is 2.34. The van der Waals surface area contributed by atoms with Crippen LogP contribution in [0, 0.1) is 17.2 Å². The van der Waals surface area contributed by atoms with Gasteiger partial charge in [0.1, 0.15) is 5.75 Å². The second kappa shape index (κ2) is 6.73. The quantitative estimate of drug-likeness (QED) is 0.852. The van der Waals surface area contributed by atoms with Crippen molar-refractivity contribution >= 4 is 11.6 Å². The molecule has 2 N–H and O–H groups in total. The normalized spacial score (nSPS) is 20.5. The van der Waals surface area contributed by atoms with Crippen molar-refractivity contribution in [1.29, 1.82) is 5.26 Å². The number of carbonyl (C=O) groups is 1. The highest BCUT2D eigenvalue weighted by atomic mass is 16.3. The molecule has 0 saturated carbocycles. The molecule has 1 aliphatic rings. The molecule has 1 amide bonds. The number of aromatic hydroxyl groups is 1. The first-order valence-corrected chi connectivity index (χ1v) is 7.88. The number of phenolic OH excluding ortho intramolecular Hbond substituents is 1. The van der Waals surface area contributed by atoms with Crippen molar-refractivity contribution in [3.8, 4) is 22.9 Å². The Balaban J connectivity index is 1.79. The van der Waals surface area contributed by atoms with Gasteiger partial charge in [-0.3, -0.25) is 9.69 Å². The van der Waals surface area contributed by atoms with Gasteiger partial charge < -0.3 is 10.4 Å². The minimum atomic E-state index is -0.251. The van der Waals surface area contributed by atoms with Crippen LogP contribution in [-0.2, 0) is 4.79 Å². The van der Waals surface area contributed by atoms with E-state index in [1.807, 2.05) is 48.3 Å². The molecule has 122 valence electrons. The van der Waals surface area contributed by atoms with Gasteiger partial charge in [-0.2, -0.15) is 5.26 Å². The predicted octanol–water partition coefficient (Wildman–Crippen LogP) is 2.84. The summed E-state index contributed by atoms with van der Waals surface area (Å²) in [5.74, 6) is -0.361. The number of para-hydroxylation sites is 1. The minimum absolute atomic E-state index is 0.0558. The largest absolute Gasteiger partial charge is 0.505 e. The summed E-state index contributed by atoms with van der Waals surface area (Å²) in [5, 5.41) is 22.4. The fourth-order valence-corrected chi connectivity index (χ4v) is 3.07. The molecule has 0 radical (unpaired) electrons. The molecule has 1 aliphatic heterocycles. The van der Waals surface area contributed by atoms with Gasteiger partial charge >= 0.3 is 0 Å². The minimum Gasteiger partial charge on any atom is -0.505 e. The lowest BCUT2D eigenvalue weighted by Crippen LogP contribution is -2.26. The standard InChI is InChI=1S/C19H19N3O2/c1-22-12-14(10-15(22)11-20)19(24)21-17-9-5-8-16(18(17)23)13-6-3-2-4-7-13/h2-9,14-15,23H,10,12H2,1H3,(H,21,24). The van der Waals surface area contributed by atoms with Crippen LogP contribution in [0.2, 0.25) is 0 Å². The maximum atomic E-state index is 12.5. The van der Waals surface area contributed by atoms with E-state index in [1.54, 1.807) is 12.1 Å². The van der Waals surface area contributed by atoms with Crippen molar-refractivity contribution < 1.29 is 9.90 Å². The lowest BCUT2D eigenvalue weighted by atomic mass is 10.0. The monoisotopic (exact) mass is 321 g/mol. The summed E-state index contributed by atoms with van der Waals surface area (Å²) in [6.07, 6.45) is 0.512. The molecule has 5 nitrogen and oxygen atoms in total. The van der Waals surface area contributed by atoms with Gasteiger partial charge in [0, 0.05) is 12.1 Å². The smallest absolute Gasteiger partial charge is 0.228 e. The molecule has 1 heterocycles. The Morgan fingerprint density at radius 3 is 2.67 bits per heavy atom. The first kappa shape index (κ1) is 16.0. The Kier molecular flexibility index (Phi) is 4.50. The van der Waals surface area contributed by atoms with E-state index in [4.69, 9.17) is 5.26 Å². The van der Waals surface area contributed by atoms with Crippen molar-refractivity contribution in [2.75, 3.05) is 18.9 Å². The summed E-state index contributed by atoms with van der Waals surface area (Å²) in [6, 6.07) is 16.8. The van der Waals surface area contributed by atoms with E-state index >= 15 is 0 Å². The number of benzene rings is 2. The number of rotatable bonds is 3. The van der Waals surface area contributed by atoms with Crippen LogP contribution in [0.5, 0.6) is 5.75 Å². The Hall–Kier alpha value is -2.84. The third-order valence-corrected chi connectivity index (χ3v) is 4.45. The number of hydrogen-bond donors (Lipinski definition) is 2. The summed E-state index contributed by atoms with van der Waals surface area (Å²) in [7, 11) is 1.84. The van der Waals surface area contributed by atoms with Gasteiger partial charge in [-0.25, -0.2) is 0 Å². The number of carbonyl (C=O) groups excluding carboxylic acids is 1. The summed E-state index contributed by atoms with van der Waals surface area (Å²) < 4.78 is 0. The van der Waals surface area contributed by atoms with Gasteiger partial charge in [-0.15, -0.1) is 0 Å². The Morgan fingerprint density at radius 1 is 1.25 bits per heavy atom. The van der Waals surface area contributed by atoms with E-state index in [0.717, 1.165) is 5.56 Å². The topological polar surface area (TPSA) is 76.4 Å². The predicted molar refractivity (Wildman–Crippen MR) is 92.3 cm³/mol. The third kappa shape index (κ3) is 3.10. The van der Waals surface area contributed by atoms with Crippen LogP contribution in [0.1, 0.15) is 6.42 Å². The number of amides is 1. The number of nitrogens with one attached hydrogen (secondary N) is 1. The molecule has 24 heavy (non-hydrogen) atoms. The number of nitriles is 1. The van der Waals surface area contributed by atoms with E-state index in [2.05, 4.69) is 11.4 Å². The molecular weight excluding hydrogens is 302 g/mol. The number of likely N-dealkylation sites (tertiary alicyclic amines) is 1. The molecule has 3 rings (SSSR count). The van der Waals surface area contributed by atoms with Crippen molar-refractivity contribution in [2.24, 2.45) is 5.92 Å². The average Bonchev–Trinajstić information content (AvgIpc) is 2.98. The highest BCUT2D eigenvalue weighted by Crippen LogP contribution is 2.35. The SMILES string of the molecule is CN1CC(C(=O)Nc2cccc(-c3ccccc3)c2O)CC1C#N. The number of anilines is 1. The number of hydrogen-bond acceptors (Lipinski definition) is 4. The van der Waals surface area contributed by atoms with Crippen molar-refractivity contribution in [1.82, 2.24) is 4.90 Å². The lowest BCUT2D eigenvalue weighted by Gasteiger charge is -2.14. The Bertz CT molecular complexity index is 783. The van der Waals surface area contributed by atoms with Gasteiger partial charge in [-0.05, 0) is 25.1 Å². The number of nitrogens with zero attached hydrogens (tertiary/aromatic N) is 2. The highest BCUT2D eigenvalue weighted by molar-refractivity contribution is 5.96. The molecule has 0 spiro atoms. The summed E-state index contributed by atoms with van der Waals surface area (Å²) in [5.41, 5.74) is 1.95.